The molecule has 0 radical (unpaired) electrons. The molecule has 6 heteroatoms. The molecule has 0 saturated carbocycles. The lowest BCUT2D eigenvalue weighted by Crippen LogP contribution is -2.28. The molecule has 4 aromatic rings. The van der Waals surface area contributed by atoms with Crippen LogP contribution in [0.5, 0.6) is 0 Å². The minimum absolute atomic E-state index is 0.144. The maximum Gasteiger partial charge on any atom is 0.272 e. The van der Waals surface area contributed by atoms with Gasteiger partial charge in [0.25, 0.3) is 5.91 Å². The Kier molecular flexibility index (Phi) is 5.00. The molecule has 0 bridgehead atoms. The number of halogens is 1. The lowest BCUT2D eigenvalue weighted by Gasteiger charge is -2.18. The first-order valence-electron chi connectivity index (χ1n) is 8.81. The molecule has 0 atom stereocenters. The summed E-state index contributed by atoms with van der Waals surface area (Å²) in [5, 5.41) is 5.25. The molecule has 2 aromatic carbocycles. The van der Waals surface area contributed by atoms with Crippen LogP contribution in [0.1, 0.15) is 16.1 Å². The highest BCUT2D eigenvalue weighted by molar-refractivity contribution is 6.30. The first-order chi connectivity index (χ1) is 13.6. The van der Waals surface area contributed by atoms with Gasteiger partial charge < -0.3 is 9.32 Å². The molecule has 5 nitrogen and oxygen atoms in total. The fourth-order valence-electron chi connectivity index (χ4n) is 3.02. The smallest absolute Gasteiger partial charge is 0.272 e. The van der Waals surface area contributed by atoms with Crippen molar-refractivity contribution < 1.29 is 9.21 Å². The summed E-state index contributed by atoms with van der Waals surface area (Å²) < 4.78 is 7.10. The molecule has 1 amide bonds. The van der Waals surface area contributed by atoms with Gasteiger partial charge in [0, 0.05) is 24.7 Å². The number of hydrogen-bond donors (Lipinski definition) is 0. The van der Waals surface area contributed by atoms with Crippen LogP contribution in [0.2, 0.25) is 5.02 Å². The number of furan rings is 1. The summed E-state index contributed by atoms with van der Waals surface area (Å²) in [5.74, 6) is 0.468. The highest BCUT2D eigenvalue weighted by atomic mass is 35.5. The first kappa shape index (κ1) is 18.1. The summed E-state index contributed by atoms with van der Waals surface area (Å²) in [6.45, 7) is 0.440. The standard InChI is InChI=1S/C22H18ClN3O2/c1-25(15-16-7-5-8-17(23)13-16)22(27)20-14-19(21-11-6-12-28-21)24-26(20)18-9-3-2-4-10-18/h2-14H,15H2,1H3. The average molecular weight is 392 g/mol. The van der Waals surface area contributed by atoms with Crippen LogP contribution in [-0.4, -0.2) is 27.6 Å². The van der Waals surface area contributed by atoms with Crippen molar-refractivity contribution in [3.63, 3.8) is 0 Å². The zero-order chi connectivity index (χ0) is 19.5. The van der Waals surface area contributed by atoms with Gasteiger partial charge in [-0.05, 0) is 42.0 Å². The maximum atomic E-state index is 13.2. The molecule has 140 valence electrons. The molecule has 0 fully saturated rings. The number of carbonyl (C=O) groups excluding carboxylic acids is 1. The van der Waals surface area contributed by atoms with Crippen LogP contribution in [-0.2, 0) is 6.54 Å². The fraction of sp³-hybridized carbons (Fsp3) is 0.0909. The van der Waals surface area contributed by atoms with E-state index in [2.05, 4.69) is 5.10 Å². The first-order valence-corrected chi connectivity index (χ1v) is 9.19. The highest BCUT2D eigenvalue weighted by Crippen LogP contribution is 2.23. The second-order valence-corrected chi connectivity index (χ2v) is 6.87. The number of rotatable bonds is 5. The van der Waals surface area contributed by atoms with Gasteiger partial charge in [-0.2, -0.15) is 5.10 Å². The number of hydrogen-bond acceptors (Lipinski definition) is 3. The summed E-state index contributed by atoms with van der Waals surface area (Å²) in [4.78, 5) is 14.9. The lowest BCUT2D eigenvalue weighted by atomic mass is 10.2. The van der Waals surface area contributed by atoms with Crippen LogP contribution in [0.3, 0.4) is 0 Å². The summed E-state index contributed by atoms with van der Waals surface area (Å²) in [5.41, 5.74) is 2.83. The van der Waals surface area contributed by atoms with E-state index < -0.39 is 0 Å². The number of carbonyl (C=O) groups is 1. The van der Waals surface area contributed by atoms with E-state index in [1.54, 1.807) is 35.0 Å². The number of benzene rings is 2. The van der Waals surface area contributed by atoms with Crippen molar-refractivity contribution in [1.82, 2.24) is 14.7 Å². The Balaban J connectivity index is 1.70. The zero-order valence-corrected chi connectivity index (χ0v) is 16.0. The number of nitrogens with zero attached hydrogens (tertiary/aromatic N) is 3. The second kappa shape index (κ2) is 7.74. The van der Waals surface area contributed by atoms with Crippen molar-refractivity contribution in [2.24, 2.45) is 0 Å². The minimum Gasteiger partial charge on any atom is -0.463 e. The van der Waals surface area contributed by atoms with Gasteiger partial charge >= 0.3 is 0 Å². The van der Waals surface area contributed by atoms with Crippen LogP contribution in [0, 0.1) is 0 Å². The van der Waals surface area contributed by atoms with Crippen LogP contribution in [0.4, 0.5) is 0 Å². The van der Waals surface area contributed by atoms with Gasteiger partial charge in [0.1, 0.15) is 11.4 Å². The van der Waals surface area contributed by atoms with Gasteiger partial charge in [-0.1, -0.05) is 41.9 Å². The van der Waals surface area contributed by atoms with E-state index in [-0.39, 0.29) is 5.91 Å². The molecule has 0 unspecified atom stereocenters. The number of aromatic nitrogens is 2. The van der Waals surface area contributed by atoms with E-state index in [4.69, 9.17) is 16.0 Å². The van der Waals surface area contributed by atoms with Crippen LogP contribution >= 0.6 is 11.6 Å². The molecule has 0 aliphatic rings. The average Bonchev–Trinajstić information content (AvgIpc) is 3.38. The molecule has 0 spiro atoms. The Bertz CT molecular complexity index is 1090. The van der Waals surface area contributed by atoms with E-state index in [0.29, 0.717) is 28.7 Å². The van der Waals surface area contributed by atoms with Gasteiger partial charge in [0.15, 0.2) is 5.76 Å². The maximum absolute atomic E-state index is 13.2. The SMILES string of the molecule is CN(Cc1cccc(Cl)c1)C(=O)c1cc(-c2ccco2)nn1-c1ccccc1. The third kappa shape index (κ3) is 3.70. The van der Waals surface area contributed by atoms with E-state index >= 15 is 0 Å². The third-order valence-corrected chi connectivity index (χ3v) is 4.59. The van der Waals surface area contributed by atoms with Crippen molar-refractivity contribution in [2.75, 3.05) is 7.05 Å². The number of para-hydroxylation sites is 1. The number of amides is 1. The predicted molar refractivity (Wildman–Crippen MR) is 109 cm³/mol. The van der Waals surface area contributed by atoms with Gasteiger partial charge in [-0.3, -0.25) is 4.79 Å². The van der Waals surface area contributed by atoms with E-state index in [1.807, 2.05) is 60.7 Å². The van der Waals surface area contributed by atoms with Crippen LogP contribution in [0.15, 0.2) is 83.5 Å². The largest absolute Gasteiger partial charge is 0.463 e. The molecule has 2 heterocycles. The quantitative estimate of drug-likeness (QED) is 0.478. The Labute approximate surface area is 167 Å². The topological polar surface area (TPSA) is 51.3 Å². The molecule has 0 saturated heterocycles. The highest BCUT2D eigenvalue weighted by Gasteiger charge is 2.21. The fourth-order valence-corrected chi connectivity index (χ4v) is 3.23. The Morgan fingerprint density at radius 1 is 1.07 bits per heavy atom. The molecule has 28 heavy (non-hydrogen) atoms. The molecule has 0 aliphatic heterocycles. The van der Waals surface area contributed by atoms with Crippen molar-refractivity contribution in [3.8, 4) is 17.1 Å². The molecule has 2 aromatic heterocycles. The van der Waals surface area contributed by atoms with Gasteiger partial charge in [0.2, 0.25) is 0 Å². The van der Waals surface area contributed by atoms with Crippen molar-refractivity contribution in [2.45, 2.75) is 6.54 Å². The normalized spacial score (nSPS) is 10.8. The molecule has 0 N–H and O–H groups in total. The van der Waals surface area contributed by atoms with E-state index in [1.165, 1.54) is 0 Å². The Morgan fingerprint density at radius 2 is 1.89 bits per heavy atom. The Morgan fingerprint density at radius 3 is 2.61 bits per heavy atom. The minimum atomic E-state index is -0.144. The molecular formula is C22H18ClN3O2. The van der Waals surface area contributed by atoms with E-state index in [9.17, 15) is 4.79 Å². The van der Waals surface area contributed by atoms with Crippen LogP contribution < -0.4 is 0 Å². The summed E-state index contributed by atoms with van der Waals surface area (Å²) in [7, 11) is 1.76. The van der Waals surface area contributed by atoms with Gasteiger partial charge in [-0.15, -0.1) is 0 Å². The zero-order valence-electron chi connectivity index (χ0n) is 15.2. The molecule has 0 aliphatic carbocycles. The monoisotopic (exact) mass is 391 g/mol. The van der Waals surface area contributed by atoms with Crippen molar-refractivity contribution >= 4 is 17.5 Å². The van der Waals surface area contributed by atoms with Gasteiger partial charge in [0.05, 0.1) is 12.0 Å². The van der Waals surface area contributed by atoms with Gasteiger partial charge in [-0.25, -0.2) is 4.68 Å². The van der Waals surface area contributed by atoms with Crippen molar-refractivity contribution in [3.05, 3.63) is 95.3 Å². The van der Waals surface area contributed by atoms with Crippen LogP contribution in [0.25, 0.3) is 17.1 Å². The molecular weight excluding hydrogens is 374 g/mol. The molecule has 4 rings (SSSR count). The lowest BCUT2D eigenvalue weighted by molar-refractivity contribution is 0.0776. The Hall–Kier alpha value is -3.31. The van der Waals surface area contributed by atoms with E-state index in [0.717, 1.165) is 11.3 Å². The second-order valence-electron chi connectivity index (χ2n) is 6.43. The third-order valence-electron chi connectivity index (χ3n) is 4.36. The van der Waals surface area contributed by atoms with Crippen molar-refractivity contribution in [1.29, 1.82) is 0 Å². The predicted octanol–water partition coefficient (Wildman–Crippen LogP) is 5.06. The summed E-state index contributed by atoms with van der Waals surface area (Å²) in [6, 6.07) is 22.4. The summed E-state index contributed by atoms with van der Waals surface area (Å²) >= 11 is 6.06. The summed E-state index contributed by atoms with van der Waals surface area (Å²) in [6.07, 6.45) is 1.59.